The van der Waals surface area contributed by atoms with Gasteiger partial charge in [-0.15, -0.1) is 24.0 Å². The SMILES string of the molecule is CN=C(NCCCn1c(C)nc2ccccc21)NCCc1cn2ccccc2n1.I. The second-order valence-electron chi connectivity index (χ2n) is 7.03. The minimum absolute atomic E-state index is 0. The van der Waals surface area contributed by atoms with E-state index < -0.39 is 0 Å². The topological polar surface area (TPSA) is 71.5 Å². The van der Waals surface area contributed by atoms with E-state index in [0.717, 1.165) is 61.1 Å². The maximum atomic E-state index is 4.63. The van der Waals surface area contributed by atoms with E-state index in [1.54, 1.807) is 7.05 Å². The van der Waals surface area contributed by atoms with Gasteiger partial charge in [0.15, 0.2) is 5.96 Å². The molecule has 0 aliphatic carbocycles. The number of halogens is 1. The Morgan fingerprint density at radius 3 is 2.67 bits per heavy atom. The molecule has 7 nitrogen and oxygen atoms in total. The predicted octanol–water partition coefficient (Wildman–Crippen LogP) is 3.41. The van der Waals surface area contributed by atoms with Gasteiger partial charge in [-0.25, -0.2) is 9.97 Å². The lowest BCUT2D eigenvalue weighted by atomic mass is 10.3. The molecule has 4 aromatic rings. The zero-order valence-electron chi connectivity index (χ0n) is 17.4. The summed E-state index contributed by atoms with van der Waals surface area (Å²) in [7, 11) is 1.80. The summed E-state index contributed by atoms with van der Waals surface area (Å²) in [6, 6.07) is 14.3. The number of aliphatic imine (C=N–C) groups is 1. The Kier molecular flexibility index (Phi) is 7.67. The Morgan fingerprint density at radius 2 is 1.83 bits per heavy atom. The lowest BCUT2D eigenvalue weighted by Crippen LogP contribution is -2.39. The van der Waals surface area contributed by atoms with Crippen molar-refractivity contribution in [2.24, 2.45) is 4.99 Å². The van der Waals surface area contributed by atoms with Gasteiger partial charge in [-0.05, 0) is 37.6 Å². The molecular weight excluding hydrogens is 489 g/mol. The van der Waals surface area contributed by atoms with Gasteiger partial charge < -0.3 is 19.6 Å². The van der Waals surface area contributed by atoms with Gasteiger partial charge in [0.05, 0.1) is 16.7 Å². The highest BCUT2D eigenvalue weighted by Crippen LogP contribution is 2.15. The van der Waals surface area contributed by atoms with Crippen molar-refractivity contribution < 1.29 is 0 Å². The number of nitrogens with zero attached hydrogens (tertiary/aromatic N) is 5. The highest BCUT2D eigenvalue weighted by atomic mass is 127. The maximum Gasteiger partial charge on any atom is 0.190 e. The first-order valence-corrected chi connectivity index (χ1v) is 10.0. The fraction of sp³-hybridized carbons (Fsp3) is 0.318. The molecule has 0 saturated heterocycles. The molecule has 0 fully saturated rings. The van der Waals surface area contributed by atoms with Gasteiger partial charge in [0.1, 0.15) is 11.5 Å². The van der Waals surface area contributed by atoms with Crippen molar-refractivity contribution in [3.8, 4) is 0 Å². The monoisotopic (exact) mass is 517 g/mol. The average Bonchev–Trinajstić information content (AvgIpc) is 3.29. The summed E-state index contributed by atoms with van der Waals surface area (Å²) < 4.78 is 4.32. The molecule has 158 valence electrons. The minimum Gasteiger partial charge on any atom is -0.356 e. The van der Waals surface area contributed by atoms with E-state index in [1.807, 2.05) is 34.9 Å². The van der Waals surface area contributed by atoms with Gasteiger partial charge in [-0.3, -0.25) is 4.99 Å². The minimum atomic E-state index is 0. The number of pyridine rings is 1. The van der Waals surface area contributed by atoms with Crippen LogP contribution in [0, 0.1) is 6.92 Å². The molecule has 0 unspecified atom stereocenters. The van der Waals surface area contributed by atoms with Crippen molar-refractivity contribution in [1.82, 2.24) is 29.6 Å². The molecule has 0 amide bonds. The number of para-hydroxylation sites is 2. The number of guanidine groups is 1. The van der Waals surface area contributed by atoms with Crippen LogP contribution in [0.15, 0.2) is 59.9 Å². The number of imidazole rings is 2. The number of hydrogen-bond acceptors (Lipinski definition) is 3. The molecule has 0 aliphatic rings. The molecule has 0 spiro atoms. The summed E-state index contributed by atoms with van der Waals surface area (Å²) in [5.41, 5.74) is 4.30. The lowest BCUT2D eigenvalue weighted by molar-refractivity contribution is 0.624. The summed E-state index contributed by atoms with van der Waals surface area (Å²) in [5, 5.41) is 6.76. The first kappa shape index (κ1) is 22.1. The van der Waals surface area contributed by atoms with Crippen LogP contribution >= 0.6 is 24.0 Å². The number of aryl methyl sites for hydroxylation is 2. The number of hydrogen-bond donors (Lipinski definition) is 2. The summed E-state index contributed by atoms with van der Waals surface area (Å²) in [6.45, 7) is 4.62. The van der Waals surface area contributed by atoms with Crippen molar-refractivity contribution in [1.29, 1.82) is 0 Å². The smallest absolute Gasteiger partial charge is 0.190 e. The number of aromatic nitrogens is 4. The number of rotatable bonds is 7. The third-order valence-corrected chi connectivity index (χ3v) is 5.01. The maximum absolute atomic E-state index is 4.63. The quantitative estimate of drug-likeness (QED) is 0.171. The summed E-state index contributed by atoms with van der Waals surface area (Å²) >= 11 is 0. The van der Waals surface area contributed by atoms with Gasteiger partial charge >= 0.3 is 0 Å². The molecule has 0 bridgehead atoms. The van der Waals surface area contributed by atoms with Crippen LogP contribution in [0.3, 0.4) is 0 Å². The van der Waals surface area contributed by atoms with E-state index in [2.05, 4.69) is 61.5 Å². The molecule has 0 radical (unpaired) electrons. The molecule has 3 aromatic heterocycles. The second kappa shape index (κ2) is 10.4. The normalized spacial score (nSPS) is 11.6. The standard InChI is InChI=1S/C22H27N7.HI/c1-17-26-19-8-3-4-9-20(19)29(17)15-7-12-24-22(23-2)25-13-11-18-16-28-14-6-5-10-21(28)27-18;/h3-6,8-10,14,16H,7,11-13,15H2,1-2H3,(H2,23,24,25);1H. The zero-order chi connectivity index (χ0) is 20.1. The second-order valence-corrected chi connectivity index (χ2v) is 7.03. The molecule has 1 aromatic carbocycles. The summed E-state index contributed by atoms with van der Waals surface area (Å²) in [6.07, 6.45) is 5.94. The third-order valence-electron chi connectivity index (χ3n) is 5.01. The Balaban J connectivity index is 0.00000256. The first-order valence-electron chi connectivity index (χ1n) is 10.0. The van der Waals surface area contributed by atoms with Crippen LogP contribution in [0.5, 0.6) is 0 Å². The van der Waals surface area contributed by atoms with Gasteiger partial charge in [0.25, 0.3) is 0 Å². The zero-order valence-corrected chi connectivity index (χ0v) is 19.7. The van der Waals surface area contributed by atoms with Crippen LogP contribution in [0.2, 0.25) is 0 Å². The molecule has 0 aliphatic heterocycles. The first-order chi connectivity index (χ1) is 14.2. The van der Waals surface area contributed by atoms with Crippen molar-refractivity contribution in [3.63, 3.8) is 0 Å². The summed E-state index contributed by atoms with van der Waals surface area (Å²) in [4.78, 5) is 13.6. The van der Waals surface area contributed by atoms with E-state index in [1.165, 1.54) is 5.52 Å². The molecule has 8 heteroatoms. The Bertz CT molecular complexity index is 1100. The molecule has 0 saturated carbocycles. The van der Waals surface area contributed by atoms with Crippen LogP contribution in [-0.4, -0.2) is 45.0 Å². The highest BCUT2D eigenvalue weighted by molar-refractivity contribution is 14.0. The Hall–Kier alpha value is -2.62. The van der Waals surface area contributed by atoms with Crippen LogP contribution in [-0.2, 0) is 13.0 Å². The summed E-state index contributed by atoms with van der Waals surface area (Å²) in [5.74, 6) is 1.88. The molecule has 2 N–H and O–H groups in total. The fourth-order valence-electron chi connectivity index (χ4n) is 3.56. The lowest BCUT2D eigenvalue weighted by Gasteiger charge is -2.12. The largest absolute Gasteiger partial charge is 0.356 e. The Morgan fingerprint density at radius 1 is 1.03 bits per heavy atom. The van der Waals surface area contributed by atoms with Gasteiger partial charge in [0.2, 0.25) is 0 Å². The van der Waals surface area contributed by atoms with Crippen LogP contribution in [0.1, 0.15) is 17.9 Å². The van der Waals surface area contributed by atoms with Crippen molar-refractivity contribution in [2.75, 3.05) is 20.1 Å². The van der Waals surface area contributed by atoms with Crippen molar-refractivity contribution in [2.45, 2.75) is 26.3 Å². The van der Waals surface area contributed by atoms with E-state index in [0.29, 0.717) is 0 Å². The molecule has 3 heterocycles. The number of fused-ring (bicyclic) bond motifs is 2. The van der Waals surface area contributed by atoms with Crippen molar-refractivity contribution in [3.05, 3.63) is 66.4 Å². The van der Waals surface area contributed by atoms with Crippen LogP contribution < -0.4 is 10.6 Å². The van der Waals surface area contributed by atoms with Crippen LogP contribution in [0.25, 0.3) is 16.7 Å². The predicted molar refractivity (Wildman–Crippen MR) is 133 cm³/mol. The average molecular weight is 517 g/mol. The van der Waals surface area contributed by atoms with E-state index in [9.17, 15) is 0 Å². The van der Waals surface area contributed by atoms with Crippen LogP contribution in [0.4, 0.5) is 0 Å². The van der Waals surface area contributed by atoms with E-state index in [4.69, 9.17) is 0 Å². The van der Waals surface area contributed by atoms with Gasteiger partial charge in [-0.1, -0.05) is 18.2 Å². The molecule has 30 heavy (non-hydrogen) atoms. The van der Waals surface area contributed by atoms with Crippen molar-refractivity contribution >= 4 is 46.6 Å². The van der Waals surface area contributed by atoms with E-state index in [-0.39, 0.29) is 24.0 Å². The fourth-order valence-corrected chi connectivity index (χ4v) is 3.56. The molecular formula is C22H28IN7. The van der Waals surface area contributed by atoms with Gasteiger partial charge in [-0.2, -0.15) is 0 Å². The van der Waals surface area contributed by atoms with Gasteiger partial charge in [0, 0.05) is 45.5 Å². The molecule has 4 rings (SSSR count). The third kappa shape index (κ3) is 5.10. The Labute approximate surface area is 193 Å². The number of benzene rings is 1. The highest BCUT2D eigenvalue weighted by Gasteiger charge is 2.06. The molecule has 0 atom stereocenters. The van der Waals surface area contributed by atoms with E-state index >= 15 is 0 Å². The number of nitrogens with one attached hydrogen (secondary N) is 2.